The Morgan fingerprint density at radius 3 is 2.40 bits per heavy atom. The van der Waals surface area contributed by atoms with Crippen LogP contribution >= 0.6 is 8.53 Å². The number of benzene rings is 1. The number of nitrogens with zero attached hydrogens (tertiary/aromatic N) is 4. The van der Waals surface area contributed by atoms with Gasteiger partial charge >= 0.3 is 11.8 Å². The highest BCUT2D eigenvalue weighted by Gasteiger charge is 2.52. The molecule has 48 heavy (non-hydrogen) atoms. The van der Waals surface area contributed by atoms with Crippen molar-refractivity contribution in [3.63, 3.8) is 0 Å². The molecule has 2 heterocycles. The van der Waals surface area contributed by atoms with Crippen LogP contribution in [0.1, 0.15) is 63.5 Å². The summed E-state index contributed by atoms with van der Waals surface area (Å²) in [6.07, 6.45) is -1.39. The minimum atomic E-state index is -2.34. The maximum atomic E-state index is 13.5. The number of aromatic nitrogens is 2. The van der Waals surface area contributed by atoms with Gasteiger partial charge in [-0.1, -0.05) is 18.2 Å². The van der Waals surface area contributed by atoms with Crippen molar-refractivity contribution in [1.82, 2.24) is 14.2 Å². The van der Waals surface area contributed by atoms with E-state index >= 15 is 0 Å². The third kappa shape index (κ3) is 10.6. The average Bonchev–Trinajstić information content (AvgIpc) is 3.77. The molecule has 1 saturated heterocycles. The van der Waals surface area contributed by atoms with E-state index in [-0.39, 0.29) is 43.6 Å². The zero-order valence-corrected chi connectivity index (χ0v) is 30.4. The lowest BCUT2D eigenvalue weighted by Crippen LogP contribution is -2.46. The highest BCUT2D eigenvalue weighted by atomic mass is 31.2. The van der Waals surface area contributed by atoms with Gasteiger partial charge in [-0.05, 0) is 78.4 Å². The van der Waals surface area contributed by atoms with Crippen molar-refractivity contribution in [1.29, 1.82) is 5.26 Å². The van der Waals surface area contributed by atoms with E-state index in [9.17, 15) is 19.6 Å². The van der Waals surface area contributed by atoms with Crippen molar-refractivity contribution in [3.05, 3.63) is 58.6 Å². The summed E-state index contributed by atoms with van der Waals surface area (Å²) in [5.74, 6) is -0.342. The van der Waals surface area contributed by atoms with Crippen LogP contribution < -0.4 is 11.0 Å². The number of nitrogens with one attached hydrogen (secondary N) is 1. The Morgan fingerprint density at radius 1 is 1.12 bits per heavy atom. The highest BCUT2D eigenvalue weighted by Crippen LogP contribution is 2.50. The molecule has 5 atom stereocenters. The second-order valence-electron chi connectivity index (χ2n) is 13.1. The molecule has 1 aliphatic carbocycles. The van der Waals surface area contributed by atoms with Crippen molar-refractivity contribution in [2.24, 2.45) is 0 Å². The fraction of sp³-hybridized carbons (Fsp3) is 0.594. The molecule has 2 unspecified atom stereocenters. The lowest BCUT2D eigenvalue weighted by Gasteiger charge is -2.39. The number of carbonyl (C=O) groups excluding carboxylic acids is 2. The maximum Gasteiger partial charge on any atom is 0.508 e. The van der Waals surface area contributed by atoms with Crippen molar-refractivity contribution >= 4 is 34.7 Å². The van der Waals surface area contributed by atoms with Crippen molar-refractivity contribution in [2.75, 3.05) is 18.5 Å². The number of rotatable bonds is 16. The van der Waals surface area contributed by atoms with Gasteiger partial charge in [-0.3, -0.25) is 9.36 Å². The quantitative estimate of drug-likeness (QED) is 0.1000. The van der Waals surface area contributed by atoms with Crippen LogP contribution in [-0.4, -0.2) is 84.3 Å². The Labute approximate surface area is 283 Å². The molecule has 16 heteroatoms. The van der Waals surface area contributed by atoms with E-state index in [4.69, 9.17) is 27.7 Å². The Bertz CT molecular complexity index is 1470. The fourth-order valence-electron chi connectivity index (χ4n) is 5.09. The average molecular weight is 704 g/mol. The lowest BCUT2D eigenvalue weighted by molar-refractivity contribution is -0.0627. The molecule has 262 valence electrons. The van der Waals surface area contributed by atoms with Gasteiger partial charge in [0.25, 0.3) is 14.4 Å². The Hall–Kier alpha value is -3.22. The Morgan fingerprint density at radius 2 is 1.81 bits per heavy atom. The molecule has 1 aromatic carbocycles. The number of anilines is 1. The second kappa shape index (κ2) is 16.9. The van der Waals surface area contributed by atoms with E-state index < -0.39 is 59.1 Å². The van der Waals surface area contributed by atoms with Gasteiger partial charge in [-0.25, -0.2) is 14.3 Å². The molecule has 1 N–H and O–H groups in total. The molecule has 0 bridgehead atoms. The predicted octanol–water partition coefficient (Wildman–Crippen LogP) is 5.59. The van der Waals surface area contributed by atoms with Crippen molar-refractivity contribution in [2.45, 2.75) is 109 Å². The van der Waals surface area contributed by atoms with E-state index in [1.165, 1.54) is 16.8 Å². The molecular weight excluding hydrogens is 657 g/mol. The summed E-state index contributed by atoms with van der Waals surface area (Å²) in [4.78, 5) is 42.8. The predicted molar refractivity (Wildman–Crippen MR) is 181 cm³/mol. The van der Waals surface area contributed by atoms with Gasteiger partial charge in [0, 0.05) is 23.8 Å². The normalized spacial score (nSPS) is 21.7. The standard InChI is InChI=1S/C32H46N5O9PSi/c1-21(2)37(22(3)4)47(42-19-11-17-33)45-27-25(20-41-32(40)43-24-14-15-24)44-30(28(27)46-48(5,6)7)36-18-16-26(35-31(36)39)34-29(38)23-12-9-8-10-13-23/h8-10,12-13,16,18,21-22,24-25,27-28,30H,11,14-15,19-20H2,1-7H3,(H,34,35,38,39)/t25-,27-,28?,30-,47?/m1/s1. The maximum absolute atomic E-state index is 13.5. The zero-order valence-electron chi connectivity index (χ0n) is 28.5. The van der Waals surface area contributed by atoms with Crippen molar-refractivity contribution < 1.29 is 37.3 Å². The van der Waals surface area contributed by atoms with E-state index in [0.717, 1.165) is 12.8 Å². The Balaban J connectivity index is 1.67. The van der Waals surface area contributed by atoms with Gasteiger partial charge < -0.3 is 33.0 Å². The third-order valence-corrected chi connectivity index (χ3v) is 10.3. The van der Waals surface area contributed by atoms with Crippen LogP contribution in [0.3, 0.4) is 0 Å². The molecule has 2 fully saturated rings. The summed E-state index contributed by atoms with van der Waals surface area (Å²) >= 11 is 0. The van der Waals surface area contributed by atoms with Crippen molar-refractivity contribution in [3.8, 4) is 6.07 Å². The molecular formula is C32H46N5O9PSi. The van der Waals surface area contributed by atoms with Gasteiger partial charge in [0.05, 0.1) is 19.1 Å². The van der Waals surface area contributed by atoms with E-state index in [1.807, 2.05) is 47.3 Å². The first-order chi connectivity index (χ1) is 22.8. The summed E-state index contributed by atoms with van der Waals surface area (Å²) in [7, 11) is -4.11. The van der Waals surface area contributed by atoms with Crippen LogP contribution in [0.25, 0.3) is 0 Å². The molecule has 1 amide bonds. The molecule has 4 rings (SSSR count). The van der Waals surface area contributed by atoms with Crippen LogP contribution in [0.5, 0.6) is 0 Å². The summed E-state index contributed by atoms with van der Waals surface area (Å²) in [5, 5.41) is 11.9. The fourth-order valence-corrected chi connectivity index (χ4v) is 7.92. The largest absolute Gasteiger partial charge is 0.508 e. The number of ether oxygens (including phenoxy) is 3. The molecule has 1 aromatic heterocycles. The topological polar surface area (TPSA) is 163 Å². The van der Waals surface area contributed by atoms with Crippen LogP contribution in [0.2, 0.25) is 19.6 Å². The summed E-state index contributed by atoms with van der Waals surface area (Å²) < 4.78 is 40.2. The smallest absolute Gasteiger partial charge is 0.431 e. The second-order valence-corrected chi connectivity index (χ2v) is 18.9. The minimum absolute atomic E-state index is 0.0151. The van der Waals surface area contributed by atoms with E-state index in [1.54, 1.807) is 30.3 Å². The first-order valence-corrected chi connectivity index (χ1v) is 20.7. The van der Waals surface area contributed by atoms with Gasteiger partial charge in [0.1, 0.15) is 36.8 Å². The number of hydrogen-bond acceptors (Lipinski definition) is 12. The highest BCUT2D eigenvalue weighted by molar-refractivity contribution is 7.44. The number of amides is 1. The third-order valence-electron chi connectivity index (χ3n) is 7.18. The monoisotopic (exact) mass is 703 g/mol. The van der Waals surface area contributed by atoms with Gasteiger partial charge in [0.15, 0.2) is 14.5 Å². The molecule has 2 aromatic rings. The molecule has 2 aliphatic rings. The molecule has 14 nitrogen and oxygen atoms in total. The lowest BCUT2D eigenvalue weighted by atomic mass is 10.1. The van der Waals surface area contributed by atoms with Gasteiger partial charge in [-0.2, -0.15) is 10.2 Å². The molecule has 0 radical (unpaired) electrons. The summed E-state index contributed by atoms with van der Waals surface area (Å²) in [6.45, 7) is 14.0. The first kappa shape index (κ1) is 37.6. The van der Waals surface area contributed by atoms with Gasteiger partial charge in [0.2, 0.25) is 0 Å². The number of hydrogen-bond donors (Lipinski definition) is 1. The first-order valence-electron chi connectivity index (χ1n) is 16.1. The SMILES string of the molecule is CC(C)N(C(C)C)P(OCCC#N)O[C@H]1C(O[Si](C)(C)C)[C@H](n2ccc(NC(=O)c3ccccc3)nc2=O)O[C@@H]1COC(=O)OC1CC1. The van der Waals surface area contributed by atoms with E-state index in [2.05, 4.69) is 21.0 Å². The Kier molecular flexibility index (Phi) is 13.3. The number of carbonyl (C=O) groups is 2. The van der Waals surface area contributed by atoms with Crippen LogP contribution in [-0.2, 0) is 27.7 Å². The molecule has 1 aliphatic heterocycles. The van der Waals surface area contributed by atoms with Gasteiger partial charge in [-0.15, -0.1) is 0 Å². The van der Waals surface area contributed by atoms with Crippen LogP contribution in [0.15, 0.2) is 47.4 Å². The molecule has 0 spiro atoms. The van der Waals surface area contributed by atoms with Crippen LogP contribution in [0, 0.1) is 11.3 Å². The number of nitriles is 1. The molecule has 1 saturated carbocycles. The summed E-state index contributed by atoms with van der Waals surface area (Å²) in [5.41, 5.74) is -0.276. The van der Waals surface area contributed by atoms with Crippen LogP contribution in [0.4, 0.5) is 10.6 Å². The summed E-state index contributed by atoms with van der Waals surface area (Å²) in [6, 6.07) is 12.2. The zero-order chi connectivity index (χ0) is 35.0. The van der Waals surface area contributed by atoms with E-state index in [0.29, 0.717) is 5.56 Å². The minimum Gasteiger partial charge on any atom is -0.431 e.